The highest BCUT2D eigenvalue weighted by molar-refractivity contribution is 5.87. The van der Waals surface area contributed by atoms with Crippen LogP contribution in [0.2, 0.25) is 0 Å². The van der Waals surface area contributed by atoms with Crippen LogP contribution in [0.15, 0.2) is 23.4 Å². The van der Waals surface area contributed by atoms with Crippen LogP contribution in [0.3, 0.4) is 0 Å². The van der Waals surface area contributed by atoms with Gasteiger partial charge in [-0.05, 0) is 13.8 Å². The van der Waals surface area contributed by atoms with Crippen molar-refractivity contribution in [3.63, 3.8) is 0 Å². The third kappa shape index (κ3) is 2.32. The Morgan fingerprint density at radius 3 is 2.26 bits per heavy atom. The minimum Gasteiger partial charge on any atom is -0.390 e. The molecule has 1 unspecified atom stereocenters. The Balaban J connectivity index is 2.52. The molecule has 6 heteroatoms. The molecule has 0 aromatic heterocycles. The van der Waals surface area contributed by atoms with E-state index in [2.05, 4.69) is 5.16 Å². The largest absolute Gasteiger partial charge is 0.435 e. The quantitative estimate of drug-likeness (QED) is 0.900. The summed E-state index contributed by atoms with van der Waals surface area (Å²) in [6, 6.07) is 4.67. The summed E-state index contributed by atoms with van der Waals surface area (Å²) in [5.41, 5.74) is -1.03. The van der Waals surface area contributed by atoms with Crippen molar-refractivity contribution in [3.05, 3.63) is 34.9 Å². The van der Waals surface area contributed by atoms with Crippen LogP contribution in [0.1, 0.15) is 23.1 Å². The summed E-state index contributed by atoms with van der Waals surface area (Å²) in [5.74, 6) is 0. The highest BCUT2D eigenvalue weighted by atomic mass is 19.4. The van der Waals surface area contributed by atoms with Gasteiger partial charge in [-0.15, -0.1) is 0 Å². The van der Waals surface area contributed by atoms with Crippen molar-refractivity contribution in [1.82, 2.24) is 0 Å². The SMILES string of the molecule is Cc1cc(C)cc(C2(C(F)(F)F)CC(CO)=NO2)c1. The van der Waals surface area contributed by atoms with E-state index >= 15 is 0 Å². The van der Waals surface area contributed by atoms with Gasteiger partial charge in [0.25, 0.3) is 5.60 Å². The van der Waals surface area contributed by atoms with Crippen LogP contribution in [0, 0.1) is 13.8 Å². The number of aryl methyl sites for hydroxylation is 2. The zero-order valence-corrected chi connectivity index (χ0v) is 10.6. The van der Waals surface area contributed by atoms with E-state index in [-0.39, 0.29) is 11.3 Å². The van der Waals surface area contributed by atoms with Crippen LogP contribution in [0.5, 0.6) is 0 Å². The molecule has 3 nitrogen and oxygen atoms in total. The second-order valence-electron chi connectivity index (χ2n) is 4.78. The van der Waals surface area contributed by atoms with Crippen molar-refractivity contribution >= 4 is 5.71 Å². The van der Waals surface area contributed by atoms with Crippen LogP contribution >= 0.6 is 0 Å². The van der Waals surface area contributed by atoms with Gasteiger partial charge in [0.1, 0.15) is 0 Å². The van der Waals surface area contributed by atoms with Crippen molar-refractivity contribution < 1.29 is 23.1 Å². The first-order valence-corrected chi connectivity index (χ1v) is 5.79. The molecule has 2 rings (SSSR count). The van der Waals surface area contributed by atoms with Gasteiger partial charge in [0.05, 0.1) is 12.3 Å². The number of benzene rings is 1. The molecule has 0 saturated carbocycles. The molecule has 1 N–H and O–H groups in total. The minimum absolute atomic E-state index is 0.00326. The maximum absolute atomic E-state index is 13.4. The third-order valence-corrected chi connectivity index (χ3v) is 3.11. The summed E-state index contributed by atoms with van der Waals surface area (Å²) in [7, 11) is 0. The molecule has 0 spiro atoms. The van der Waals surface area contributed by atoms with Crippen LogP contribution < -0.4 is 0 Å². The average Bonchev–Trinajstić information content (AvgIpc) is 2.72. The van der Waals surface area contributed by atoms with Crippen molar-refractivity contribution in [2.24, 2.45) is 5.16 Å². The number of oxime groups is 1. The molecule has 104 valence electrons. The van der Waals surface area contributed by atoms with E-state index in [1.54, 1.807) is 19.9 Å². The lowest BCUT2D eigenvalue weighted by Crippen LogP contribution is -2.43. The average molecular weight is 273 g/mol. The van der Waals surface area contributed by atoms with E-state index in [4.69, 9.17) is 9.94 Å². The minimum atomic E-state index is -4.60. The van der Waals surface area contributed by atoms with Crippen LogP contribution in [-0.2, 0) is 10.4 Å². The molecule has 0 saturated heterocycles. The maximum atomic E-state index is 13.4. The Morgan fingerprint density at radius 2 is 1.84 bits per heavy atom. The Kier molecular flexibility index (Phi) is 3.30. The maximum Gasteiger partial charge on any atom is 0.435 e. The van der Waals surface area contributed by atoms with Gasteiger partial charge in [-0.1, -0.05) is 34.5 Å². The molecule has 0 fully saturated rings. The molecule has 0 amide bonds. The Labute approximate surface area is 108 Å². The molecule has 0 radical (unpaired) electrons. The first-order chi connectivity index (χ1) is 8.78. The second-order valence-corrected chi connectivity index (χ2v) is 4.78. The molecule has 1 aliphatic heterocycles. The highest BCUT2D eigenvalue weighted by Gasteiger charge is 2.62. The van der Waals surface area contributed by atoms with E-state index in [0.29, 0.717) is 0 Å². The fourth-order valence-corrected chi connectivity index (χ4v) is 2.26. The van der Waals surface area contributed by atoms with Crippen molar-refractivity contribution in [3.8, 4) is 0 Å². The molecular weight excluding hydrogens is 259 g/mol. The summed E-state index contributed by atoms with van der Waals surface area (Å²) in [5, 5.41) is 12.3. The van der Waals surface area contributed by atoms with E-state index in [0.717, 1.165) is 11.1 Å². The predicted octanol–water partition coefficient (Wildman–Crippen LogP) is 2.83. The Hall–Kier alpha value is -1.56. The predicted molar refractivity (Wildman–Crippen MR) is 63.9 cm³/mol. The first kappa shape index (κ1) is 13.9. The first-order valence-electron chi connectivity index (χ1n) is 5.79. The Bertz CT molecular complexity index is 505. The third-order valence-electron chi connectivity index (χ3n) is 3.11. The molecule has 0 bridgehead atoms. The van der Waals surface area contributed by atoms with E-state index in [1.807, 2.05) is 0 Å². The molecule has 19 heavy (non-hydrogen) atoms. The smallest absolute Gasteiger partial charge is 0.390 e. The number of hydrogen-bond acceptors (Lipinski definition) is 3. The lowest BCUT2D eigenvalue weighted by Gasteiger charge is -2.30. The normalized spacial score (nSPS) is 23.2. The standard InChI is InChI=1S/C13H14F3NO2/c1-8-3-9(2)5-10(4-8)12(13(14,15)16)6-11(7-18)17-19-12/h3-5,18H,6-7H2,1-2H3. The van der Waals surface area contributed by atoms with Crippen molar-refractivity contribution in [2.75, 3.05) is 6.61 Å². The number of hydrogen-bond donors (Lipinski definition) is 1. The summed E-state index contributed by atoms with van der Waals surface area (Å²) >= 11 is 0. The number of aliphatic hydroxyl groups excluding tert-OH is 1. The molecule has 1 aromatic rings. The molecular formula is C13H14F3NO2. The van der Waals surface area contributed by atoms with Crippen LogP contribution in [-0.4, -0.2) is 23.6 Å². The van der Waals surface area contributed by atoms with Gasteiger partial charge in [-0.25, -0.2) is 0 Å². The van der Waals surface area contributed by atoms with Crippen molar-refractivity contribution in [2.45, 2.75) is 32.0 Å². The molecule has 1 aliphatic rings. The lowest BCUT2D eigenvalue weighted by atomic mass is 9.86. The van der Waals surface area contributed by atoms with Gasteiger partial charge >= 0.3 is 6.18 Å². The highest BCUT2D eigenvalue weighted by Crippen LogP contribution is 2.48. The molecule has 1 atom stereocenters. The summed E-state index contributed by atoms with van der Waals surface area (Å²) in [6.07, 6.45) is -5.08. The number of rotatable bonds is 2. The summed E-state index contributed by atoms with van der Waals surface area (Å²) in [6.45, 7) is 2.91. The monoisotopic (exact) mass is 273 g/mol. The van der Waals surface area contributed by atoms with E-state index in [9.17, 15) is 13.2 Å². The Morgan fingerprint density at radius 1 is 1.26 bits per heavy atom. The summed E-state index contributed by atoms with van der Waals surface area (Å²) in [4.78, 5) is 4.71. The zero-order valence-electron chi connectivity index (χ0n) is 10.6. The lowest BCUT2D eigenvalue weighted by molar-refractivity contribution is -0.275. The van der Waals surface area contributed by atoms with Gasteiger partial charge < -0.3 is 9.94 Å². The van der Waals surface area contributed by atoms with E-state index < -0.39 is 24.8 Å². The van der Waals surface area contributed by atoms with Gasteiger partial charge in [0.15, 0.2) is 0 Å². The van der Waals surface area contributed by atoms with Gasteiger partial charge in [0, 0.05) is 12.0 Å². The molecule has 1 aromatic carbocycles. The number of aliphatic hydroxyl groups is 1. The van der Waals surface area contributed by atoms with Gasteiger partial charge in [0.2, 0.25) is 0 Å². The summed E-state index contributed by atoms with van der Waals surface area (Å²) < 4.78 is 40.2. The fraction of sp³-hybridized carbons (Fsp3) is 0.462. The van der Waals surface area contributed by atoms with Crippen LogP contribution in [0.4, 0.5) is 13.2 Å². The number of nitrogens with zero attached hydrogens (tertiary/aromatic N) is 1. The van der Waals surface area contributed by atoms with Crippen LogP contribution in [0.25, 0.3) is 0 Å². The molecule has 0 aliphatic carbocycles. The van der Waals surface area contributed by atoms with Crippen molar-refractivity contribution in [1.29, 1.82) is 0 Å². The van der Waals surface area contributed by atoms with Gasteiger partial charge in [-0.2, -0.15) is 13.2 Å². The van der Waals surface area contributed by atoms with E-state index in [1.165, 1.54) is 12.1 Å². The number of halogens is 3. The second kappa shape index (κ2) is 4.52. The topological polar surface area (TPSA) is 41.8 Å². The molecule has 1 heterocycles. The number of alkyl halides is 3. The van der Waals surface area contributed by atoms with Gasteiger partial charge in [-0.3, -0.25) is 0 Å². The zero-order chi connectivity index (χ0) is 14.3. The fourth-order valence-electron chi connectivity index (χ4n) is 2.26.